The molecule has 0 unspecified atom stereocenters. The van der Waals surface area contributed by atoms with Gasteiger partial charge in [0.15, 0.2) is 0 Å². The van der Waals surface area contributed by atoms with Gasteiger partial charge in [-0.1, -0.05) is 25.1 Å². The fraction of sp³-hybridized carbons (Fsp3) is 0.400. The third-order valence-electron chi connectivity index (χ3n) is 7.15. The van der Waals surface area contributed by atoms with Crippen LogP contribution in [0.1, 0.15) is 34.1 Å². The molecule has 0 radical (unpaired) electrons. The Morgan fingerprint density at radius 3 is 2.48 bits per heavy atom. The molecule has 3 aromatic rings. The number of halogens is 1. The van der Waals surface area contributed by atoms with Crippen LogP contribution in [-0.4, -0.2) is 91.5 Å². The Morgan fingerprint density at radius 2 is 1.74 bits per heavy atom. The number of fused-ring (bicyclic) bond motifs is 1. The normalized spacial score (nSPS) is 12.7. The predicted molar refractivity (Wildman–Crippen MR) is 162 cm³/mol. The average molecular weight is 596 g/mol. The van der Waals surface area contributed by atoms with Crippen LogP contribution in [0.5, 0.6) is 0 Å². The number of carbonyl (C=O) groups excluding carboxylic acids is 3. The summed E-state index contributed by atoms with van der Waals surface area (Å²) in [5.41, 5.74) is 4.72. The van der Waals surface area contributed by atoms with E-state index in [0.29, 0.717) is 36.9 Å². The highest BCUT2D eigenvalue weighted by atomic mass is 32.1. The van der Waals surface area contributed by atoms with Gasteiger partial charge in [0, 0.05) is 64.0 Å². The summed E-state index contributed by atoms with van der Waals surface area (Å²) in [6, 6.07) is 10.5. The van der Waals surface area contributed by atoms with Crippen molar-refractivity contribution in [3.63, 3.8) is 0 Å². The van der Waals surface area contributed by atoms with E-state index >= 15 is 0 Å². The number of hydrazine groups is 1. The Balaban J connectivity index is 1.42. The van der Waals surface area contributed by atoms with E-state index in [2.05, 4.69) is 15.6 Å². The zero-order valence-corrected chi connectivity index (χ0v) is 25.6. The fourth-order valence-corrected chi connectivity index (χ4v) is 5.51. The quantitative estimate of drug-likeness (QED) is 0.311. The number of amides is 3. The zero-order chi connectivity index (χ0) is 30.4. The van der Waals surface area contributed by atoms with Crippen molar-refractivity contribution in [3.05, 3.63) is 70.0 Å². The molecule has 224 valence electrons. The summed E-state index contributed by atoms with van der Waals surface area (Å²) in [6.45, 7) is 6.69. The topological polar surface area (TPSA) is 101 Å². The summed E-state index contributed by atoms with van der Waals surface area (Å²) in [5, 5.41) is 12.1. The first kappa shape index (κ1) is 31.2. The summed E-state index contributed by atoms with van der Waals surface area (Å²) in [7, 11) is 5.06. The molecule has 0 aliphatic carbocycles. The Bertz CT molecular complexity index is 1440. The molecule has 3 amide bonds. The van der Waals surface area contributed by atoms with Gasteiger partial charge in [-0.25, -0.2) is 14.4 Å². The van der Waals surface area contributed by atoms with Crippen LogP contribution in [0, 0.1) is 12.7 Å². The molecular formula is C30H38FN7O3S. The molecule has 10 nitrogen and oxygen atoms in total. The first-order valence-corrected chi connectivity index (χ1v) is 14.8. The lowest BCUT2D eigenvalue weighted by molar-refractivity contribution is -0.145. The smallest absolute Gasteiger partial charge is 0.272 e. The highest BCUT2D eigenvalue weighted by Gasteiger charge is 2.26. The molecule has 42 heavy (non-hydrogen) atoms. The molecule has 1 aliphatic heterocycles. The summed E-state index contributed by atoms with van der Waals surface area (Å²) in [5.74, 6) is -0.822. The van der Waals surface area contributed by atoms with Gasteiger partial charge in [-0.05, 0) is 48.4 Å². The van der Waals surface area contributed by atoms with Crippen molar-refractivity contribution in [1.29, 1.82) is 0 Å². The number of rotatable bonds is 12. The minimum Gasteiger partial charge on any atom is -0.343 e. The number of nitrogens with zero attached hydrogens (tertiary/aromatic N) is 5. The lowest BCUT2D eigenvalue weighted by Crippen LogP contribution is -2.47. The summed E-state index contributed by atoms with van der Waals surface area (Å²) >= 11 is 1.38. The van der Waals surface area contributed by atoms with Crippen LogP contribution in [0.25, 0.3) is 10.6 Å². The molecule has 2 aromatic carbocycles. The largest absolute Gasteiger partial charge is 0.343 e. The van der Waals surface area contributed by atoms with Crippen LogP contribution in [0.4, 0.5) is 10.1 Å². The zero-order valence-electron chi connectivity index (χ0n) is 24.7. The first-order valence-electron chi connectivity index (χ1n) is 13.9. The van der Waals surface area contributed by atoms with Crippen molar-refractivity contribution in [2.24, 2.45) is 0 Å². The first-order chi connectivity index (χ1) is 20.1. The van der Waals surface area contributed by atoms with E-state index in [1.54, 1.807) is 37.5 Å². The van der Waals surface area contributed by atoms with Gasteiger partial charge < -0.3 is 15.1 Å². The lowest BCUT2D eigenvalue weighted by Gasteiger charge is -2.28. The van der Waals surface area contributed by atoms with Crippen molar-refractivity contribution in [2.75, 3.05) is 58.8 Å². The van der Waals surface area contributed by atoms with Crippen LogP contribution in [0.2, 0.25) is 0 Å². The molecule has 0 saturated carbocycles. The minimum absolute atomic E-state index is 0.0225. The van der Waals surface area contributed by atoms with E-state index in [1.165, 1.54) is 33.4 Å². The maximum Gasteiger partial charge on any atom is 0.272 e. The molecular weight excluding hydrogens is 557 g/mol. The van der Waals surface area contributed by atoms with Gasteiger partial charge in [0.1, 0.15) is 16.5 Å². The number of nitrogens with one attached hydrogen (secondary N) is 2. The number of likely N-dealkylation sites (N-methyl/N-ethyl adjacent to an activating group) is 2. The Morgan fingerprint density at radius 1 is 1.00 bits per heavy atom. The monoisotopic (exact) mass is 595 g/mol. The van der Waals surface area contributed by atoms with Crippen LogP contribution >= 0.6 is 11.3 Å². The molecule has 2 N–H and O–H groups in total. The second-order valence-electron chi connectivity index (χ2n) is 10.4. The lowest BCUT2D eigenvalue weighted by atomic mass is 10.1. The second kappa shape index (κ2) is 14.0. The molecule has 12 heteroatoms. The van der Waals surface area contributed by atoms with E-state index < -0.39 is 0 Å². The Kier molecular flexibility index (Phi) is 10.4. The van der Waals surface area contributed by atoms with Crippen molar-refractivity contribution in [2.45, 2.75) is 26.9 Å². The second-order valence-corrected chi connectivity index (χ2v) is 11.3. The van der Waals surface area contributed by atoms with E-state index in [-0.39, 0.29) is 36.6 Å². The molecule has 0 spiro atoms. The third-order valence-corrected chi connectivity index (χ3v) is 8.04. The van der Waals surface area contributed by atoms with E-state index in [0.717, 1.165) is 34.5 Å². The number of aryl methyl sites for hydroxylation is 1. The molecule has 4 rings (SSSR count). The van der Waals surface area contributed by atoms with Gasteiger partial charge in [-0.3, -0.25) is 24.7 Å². The number of benzene rings is 2. The van der Waals surface area contributed by atoms with Crippen molar-refractivity contribution < 1.29 is 18.8 Å². The molecule has 2 heterocycles. The fourth-order valence-electron chi connectivity index (χ4n) is 4.72. The van der Waals surface area contributed by atoms with Gasteiger partial charge in [-0.15, -0.1) is 11.3 Å². The SMILES string of the molecule is CCNCCN(C(=O)CNCC(=O)N(C)N1Cc2ccc(F)cc2C1)c1cc(-c2nc(C(=O)N(C)C)cs2)ccc1C. The predicted octanol–water partition coefficient (Wildman–Crippen LogP) is 2.88. The summed E-state index contributed by atoms with van der Waals surface area (Å²) in [4.78, 5) is 46.5. The minimum atomic E-state index is -0.292. The van der Waals surface area contributed by atoms with Gasteiger partial charge in [0.05, 0.1) is 13.1 Å². The van der Waals surface area contributed by atoms with Crippen LogP contribution in [0.15, 0.2) is 41.8 Å². The molecule has 1 aromatic heterocycles. The van der Waals surface area contributed by atoms with Crippen molar-refractivity contribution >= 4 is 34.7 Å². The number of anilines is 1. The van der Waals surface area contributed by atoms with Gasteiger partial charge in [-0.2, -0.15) is 0 Å². The summed E-state index contributed by atoms with van der Waals surface area (Å²) < 4.78 is 13.6. The Labute approximate surface area is 250 Å². The highest BCUT2D eigenvalue weighted by molar-refractivity contribution is 7.13. The number of aromatic nitrogens is 1. The van der Waals surface area contributed by atoms with Gasteiger partial charge in [0.25, 0.3) is 11.8 Å². The number of hydrogen-bond acceptors (Lipinski definition) is 8. The van der Waals surface area contributed by atoms with Gasteiger partial charge >= 0.3 is 0 Å². The molecule has 0 saturated heterocycles. The highest BCUT2D eigenvalue weighted by Crippen LogP contribution is 2.30. The van der Waals surface area contributed by atoms with Crippen LogP contribution in [-0.2, 0) is 22.7 Å². The molecule has 0 atom stereocenters. The van der Waals surface area contributed by atoms with E-state index in [1.807, 2.05) is 37.1 Å². The van der Waals surface area contributed by atoms with Crippen molar-refractivity contribution in [3.8, 4) is 10.6 Å². The Hall–Kier alpha value is -3.71. The van der Waals surface area contributed by atoms with Crippen molar-refractivity contribution in [1.82, 2.24) is 30.5 Å². The van der Waals surface area contributed by atoms with E-state index in [4.69, 9.17) is 0 Å². The number of hydrogen-bond donors (Lipinski definition) is 2. The van der Waals surface area contributed by atoms with Crippen LogP contribution in [0.3, 0.4) is 0 Å². The number of carbonyl (C=O) groups is 3. The molecule has 1 aliphatic rings. The molecule has 0 fully saturated rings. The maximum absolute atomic E-state index is 13.6. The van der Waals surface area contributed by atoms with Gasteiger partial charge in [0.2, 0.25) is 5.91 Å². The third kappa shape index (κ3) is 7.37. The maximum atomic E-state index is 13.6. The summed E-state index contributed by atoms with van der Waals surface area (Å²) in [6.07, 6.45) is 0. The molecule has 0 bridgehead atoms. The average Bonchev–Trinajstić information content (AvgIpc) is 3.62. The number of thiazole rings is 1. The van der Waals surface area contributed by atoms with Crippen LogP contribution < -0.4 is 15.5 Å². The van der Waals surface area contributed by atoms with E-state index in [9.17, 15) is 18.8 Å². The standard InChI is InChI=1S/C30H38FN7O3S/c1-6-32-11-12-38(26-14-21(8-7-20(26)2)29-34-25(19-42-29)30(41)35(3)4)28(40)16-33-15-27(39)36(5)37-17-22-9-10-24(31)13-23(22)18-37/h7-10,13-14,19,32-33H,6,11-12,15-18H2,1-5H3.